The van der Waals surface area contributed by atoms with Crippen LogP contribution in [0.4, 0.5) is 5.69 Å². The van der Waals surface area contributed by atoms with Crippen LogP contribution in [-0.4, -0.2) is 60.6 Å². The van der Waals surface area contributed by atoms with Crippen molar-refractivity contribution in [3.05, 3.63) is 198 Å². The zero-order valence-electron chi connectivity index (χ0n) is 37.5. The van der Waals surface area contributed by atoms with Gasteiger partial charge in [-0.2, -0.15) is 0 Å². The third-order valence-corrected chi connectivity index (χ3v) is 13.8. The highest BCUT2D eigenvalue weighted by molar-refractivity contribution is 7.75. The number of benzene rings is 8. The van der Waals surface area contributed by atoms with E-state index in [1.165, 1.54) is 31.2 Å². The summed E-state index contributed by atoms with van der Waals surface area (Å²) < 4.78 is 45.1. The van der Waals surface area contributed by atoms with Gasteiger partial charge in [-0.25, -0.2) is 0 Å². The molecule has 14 heteroatoms. The number of nitrogens with one attached hydrogen (secondary N) is 1. The quantitative estimate of drug-likeness (QED) is 0.0615. The highest BCUT2D eigenvalue weighted by Crippen LogP contribution is 2.55. The summed E-state index contributed by atoms with van der Waals surface area (Å²) in [6, 6.07) is 48.0. The predicted octanol–water partition coefficient (Wildman–Crippen LogP) is 9.84. The average molecular weight is 952 g/mol. The minimum absolute atomic E-state index is 0.0764. The number of anilines is 1. The number of carbonyl (C=O) groups excluding carboxylic acids is 5. The summed E-state index contributed by atoms with van der Waals surface area (Å²) in [4.78, 5) is 64.5. The maximum Gasteiger partial charge on any atom is 0.311 e. The number of hydrogen-bond acceptors (Lipinski definition) is 12. The fourth-order valence-corrected chi connectivity index (χ4v) is 10.1. The van der Waals surface area contributed by atoms with Crippen molar-refractivity contribution in [2.24, 2.45) is 0 Å². The largest absolute Gasteiger partial charge is 0.508 e. The van der Waals surface area contributed by atoms with Crippen molar-refractivity contribution in [3.8, 4) is 45.6 Å². The number of Topliss-reactive ketones (excluding diaryl/α,β-unsaturated/α-hetero) is 4. The molecule has 1 unspecified atom stereocenters. The number of ketones is 4. The first-order valence-corrected chi connectivity index (χ1v) is 23.6. The van der Waals surface area contributed by atoms with Crippen LogP contribution in [0.25, 0.3) is 21.9 Å². The first-order chi connectivity index (χ1) is 33.9. The van der Waals surface area contributed by atoms with E-state index in [0.717, 1.165) is 16.3 Å². The number of amides is 1. The van der Waals surface area contributed by atoms with Crippen molar-refractivity contribution in [2.75, 3.05) is 31.7 Å². The second-order valence-corrected chi connectivity index (χ2v) is 18.5. The van der Waals surface area contributed by atoms with Crippen LogP contribution in [0, 0.1) is 0 Å². The number of phenolic OH excluding ortho intramolecular Hbond substituents is 1. The van der Waals surface area contributed by atoms with Gasteiger partial charge in [0.05, 0.1) is 10.6 Å². The highest BCUT2D eigenvalue weighted by Gasteiger charge is 2.40. The maximum absolute atomic E-state index is 15.4. The molecular formula is C56H42NO12P. The van der Waals surface area contributed by atoms with E-state index < -0.39 is 25.5 Å². The normalized spacial score (nSPS) is 13.4. The summed E-state index contributed by atoms with van der Waals surface area (Å²) in [5, 5.41) is 14.7. The van der Waals surface area contributed by atoms with Gasteiger partial charge in [0.1, 0.15) is 41.1 Å². The molecule has 1 aliphatic rings. The first-order valence-electron chi connectivity index (χ1n) is 22.0. The molecule has 2 N–H and O–H groups in total. The number of para-hydroxylation sites is 1. The lowest BCUT2D eigenvalue weighted by Gasteiger charge is -2.30. The third kappa shape index (κ3) is 10.3. The molecule has 0 saturated heterocycles. The average Bonchev–Trinajstić information content (AvgIpc) is 3.38. The number of hydrogen-bond donors (Lipinski definition) is 2. The second-order valence-electron chi connectivity index (χ2n) is 16.2. The van der Waals surface area contributed by atoms with Gasteiger partial charge in [0, 0.05) is 33.5 Å². The second kappa shape index (κ2) is 20.2. The Morgan fingerprint density at radius 2 is 1.07 bits per heavy atom. The van der Waals surface area contributed by atoms with Gasteiger partial charge in [-0.3, -0.25) is 28.5 Å². The SMILES string of the molecule is CC(=O)COc1ccc(C(=O)COc2ccc(OCC(=O)c3cccc(C(=O)COc4ccc(NC(=O)c5ccc6cc(O)ccc6c5)cc4)c3)c(P3(=O)Oc4ccccc4-c4ccccc43)c2)cc1. The molecule has 348 valence electrons. The van der Waals surface area contributed by atoms with Crippen LogP contribution in [-0.2, 0) is 9.36 Å². The third-order valence-electron chi connectivity index (χ3n) is 11.3. The Labute approximate surface area is 401 Å². The van der Waals surface area contributed by atoms with Gasteiger partial charge in [-0.1, -0.05) is 66.7 Å². The van der Waals surface area contributed by atoms with Crippen LogP contribution in [0.3, 0.4) is 0 Å². The Kier molecular flexibility index (Phi) is 13.4. The number of aromatic hydroxyl groups is 1. The van der Waals surface area contributed by atoms with Gasteiger partial charge >= 0.3 is 7.37 Å². The zero-order valence-corrected chi connectivity index (χ0v) is 38.4. The maximum atomic E-state index is 15.4. The highest BCUT2D eigenvalue weighted by atomic mass is 31.2. The monoisotopic (exact) mass is 951 g/mol. The molecule has 0 saturated carbocycles. The molecule has 70 heavy (non-hydrogen) atoms. The predicted molar refractivity (Wildman–Crippen MR) is 264 cm³/mol. The van der Waals surface area contributed by atoms with Crippen LogP contribution in [0.1, 0.15) is 48.4 Å². The minimum Gasteiger partial charge on any atom is -0.508 e. The fraction of sp³-hybridized carbons (Fsp3) is 0.0893. The summed E-state index contributed by atoms with van der Waals surface area (Å²) in [6.07, 6.45) is 0. The molecule has 8 aromatic carbocycles. The summed E-state index contributed by atoms with van der Waals surface area (Å²) in [5.74, 6) is -0.0666. The van der Waals surface area contributed by atoms with Crippen molar-refractivity contribution < 1.29 is 57.1 Å². The molecule has 1 amide bonds. The van der Waals surface area contributed by atoms with Crippen LogP contribution in [0.15, 0.2) is 176 Å². The Bertz CT molecular complexity index is 3390. The molecule has 1 heterocycles. The van der Waals surface area contributed by atoms with E-state index >= 15 is 4.57 Å². The summed E-state index contributed by atoms with van der Waals surface area (Å²) in [7, 11) is -4.02. The molecular weight excluding hydrogens is 910 g/mol. The Hall–Kier alpha value is -8.80. The lowest BCUT2D eigenvalue weighted by Crippen LogP contribution is -2.27. The molecule has 0 spiro atoms. The smallest absolute Gasteiger partial charge is 0.311 e. The van der Waals surface area contributed by atoms with Gasteiger partial charge in [-0.15, -0.1) is 0 Å². The van der Waals surface area contributed by atoms with Gasteiger partial charge < -0.3 is 33.9 Å². The van der Waals surface area contributed by atoms with E-state index in [1.807, 2.05) is 24.3 Å². The van der Waals surface area contributed by atoms with Crippen molar-refractivity contribution >= 4 is 63.5 Å². The van der Waals surface area contributed by atoms with Crippen molar-refractivity contribution in [1.82, 2.24) is 0 Å². The van der Waals surface area contributed by atoms with Crippen LogP contribution in [0.2, 0.25) is 0 Å². The van der Waals surface area contributed by atoms with Crippen LogP contribution in [0.5, 0.6) is 34.5 Å². The summed E-state index contributed by atoms with van der Waals surface area (Å²) in [5.41, 5.74) is 3.16. The van der Waals surface area contributed by atoms with E-state index in [-0.39, 0.29) is 71.0 Å². The van der Waals surface area contributed by atoms with Gasteiger partial charge in [0.15, 0.2) is 43.0 Å². The van der Waals surface area contributed by atoms with E-state index in [2.05, 4.69) is 5.32 Å². The number of carbonyl (C=O) groups is 5. The molecule has 9 rings (SSSR count). The molecule has 0 aliphatic carbocycles. The number of rotatable bonds is 18. The molecule has 0 aromatic heterocycles. The van der Waals surface area contributed by atoms with Crippen molar-refractivity contribution in [2.45, 2.75) is 6.92 Å². The van der Waals surface area contributed by atoms with E-state index in [1.54, 1.807) is 127 Å². The van der Waals surface area contributed by atoms with Crippen molar-refractivity contribution in [3.63, 3.8) is 0 Å². The summed E-state index contributed by atoms with van der Waals surface area (Å²) >= 11 is 0. The fourth-order valence-electron chi connectivity index (χ4n) is 7.72. The number of ether oxygens (including phenoxy) is 4. The standard InChI is InChI=1S/C56H42NO12P/c1-35(58)31-65-44-21-16-36(17-22-44)49(60)32-67-46-25-26-53(55(30-46)70(64)54-12-5-3-10-48(54)47-9-2-4-11-52(47)69-70)68-34-51(62)40-8-6-7-39(28-40)50(61)33-66-45-23-18-42(19-24-45)57-56(63)41-14-13-38-29-43(59)20-15-37(38)27-41/h2-30,59H,31-34H2,1H3,(H,57,63). The van der Waals surface area contributed by atoms with Gasteiger partial charge in [0.2, 0.25) is 0 Å². The zero-order chi connectivity index (χ0) is 48.8. The van der Waals surface area contributed by atoms with Crippen molar-refractivity contribution in [1.29, 1.82) is 0 Å². The lowest BCUT2D eigenvalue weighted by molar-refractivity contribution is -0.118. The first kappa shape index (κ1) is 46.3. The van der Waals surface area contributed by atoms with E-state index in [4.69, 9.17) is 23.5 Å². The van der Waals surface area contributed by atoms with Gasteiger partial charge in [0.25, 0.3) is 5.91 Å². The molecule has 1 atom stereocenters. The van der Waals surface area contributed by atoms with Crippen LogP contribution >= 0.6 is 7.37 Å². The Morgan fingerprint density at radius 3 is 1.80 bits per heavy atom. The van der Waals surface area contributed by atoms with Crippen LogP contribution < -0.4 is 39.4 Å². The Morgan fingerprint density at radius 1 is 0.500 bits per heavy atom. The molecule has 13 nitrogen and oxygen atoms in total. The summed E-state index contributed by atoms with van der Waals surface area (Å²) in [6.45, 7) is 0.118. The number of fused-ring (bicyclic) bond motifs is 4. The molecule has 1 aliphatic heterocycles. The molecule has 0 fully saturated rings. The minimum atomic E-state index is -4.02. The van der Waals surface area contributed by atoms with E-state index in [0.29, 0.717) is 44.9 Å². The van der Waals surface area contributed by atoms with E-state index in [9.17, 15) is 29.1 Å². The Balaban J connectivity index is 0.870. The molecule has 0 bridgehead atoms. The molecule has 8 aromatic rings. The molecule has 0 radical (unpaired) electrons. The van der Waals surface area contributed by atoms with Gasteiger partial charge in [-0.05, 0) is 132 Å². The lowest BCUT2D eigenvalue weighted by atomic mass is 10.0. The number of phenols is 1. The topological polar surface area (TPSA) is 181 Å².